The monoisotopic (exact) mass is 1280 g/mol. The maximum absolute atomic E-state index is 14.2. The Kier molecular flexibility index (Phi) is 40.3. The van der Waals surface area contributed by atoms with Gasteiger partial charge >= 0.3 is 11.9 Å². The molecule has 0 unspecified atom stereocenters. The number of carbonyl (C=O) groups excluding carboxylic acids is 12. The van der Waals surface area contributed by atoms with Crippen LogP contribution in [0.3, 0.4) is 0 Å². The predicted molar refractivity (Wildman–Crippen MR) is 315 cm³/mol. The molecule has 0 aromatic heterocycles. The summed E-state index contributed by atoms with van der Waals surface area (Å²) in [7, 11) is 0. The molecular weight excluding hydrogens is 1190 g/mol. The first-order valence-electron chi connectivity index (χ1n) is 28.1. The number of hydrogen-bond donors (Lipinski definition) is 22. The Bertz CT molecular complexity index is 2370. The average molecular weight is 1280 g/mol. The molecule has 0 rings (SSSR count). The highest BCUT2D eigenvalue weighted by molar-refractivity contribution is 7.99. The molecule has 12 amide bonds. The van der Waals surface area contributed by atoms with Gasteiger partial charge < -0.3 is 118 Å². The van der Waals surface area contributed by atoms with E-state index in [4.69, 9.17) is 39.5 Å². The standard InChI is InChI=1S/C50H90N18O19S/c1-25(61-48(85)40(27(3)71)68-44(81)30(14-15-34(54)72)64-42(79)28(53)10-4-6-16-51)41(78)63-29(12-8-18-57-50(55)56)43(80)66-33(24-88-19-9-13-35(73)59-22-38(76)77)46(83)65-32(23-69)45(82)67-39(26(2)70)47(84)60-20-36(74)58-21-37(75)62-31(49(86)87)11-5-7-17-52/h25-33,39-40,69-71H,4-24,51-53H2,1-3H3,(H2,54,72)(H,58,74)(H,59,73)(H,60,84)(H,61,85)(H,62,75)(H,63,78)(H,64,79)(H,65,83)(H,66,80)(H,67,82)(H,68,81)(H,76,77)(H,86,87)(H4,55,56,57)/t25-,26+,27+,28-,29-,30-,31-,32-,33-,39-,40-/m0/s1. The van der Waals surface area contributed by atoms with Crippen molar-refractivity contribution in [2.45, 2.75) is 164 Å². The molecule has 0 aliphatic rings. The number of nitrogens with zero attached hydrogens (tertiary/aromatic N) is 1. The Labute approximate surface area is 511 Å². The fourth-order valence-corrected chi connectivity index (χ4v) is 8.45. The van der Waals surface area contributed by atoms with Gasteiger partial charge in [0.1, 0.15) is 54.9 Å². The summed E-state index contributed by atoms with van der Waals surface area (Å²) in [6.45, 7) is 0.589. The van der Waals surface area contributed by atoms with Crippen LogP contribution in [-0.4, -0.2) is 238 Å². The molecule has 0 saturated carbocycles. The van der Waals surface area contributed by atoms with E-state index in [2.05, 4.69) is 63.5 Å². The van der Waals surface area contributed by atoms with Crippen LogP contribution in [0.1, 0.15) is 97.8 Å². The molecule has 88 heavy (non-hydrogen) atoms. The van der Waals surface area contributed by atoms with Crippen LogP contribution in [0.5, 0.6) is 0 Å². The summed E-state index contributed by atoms with van der Waals surface area (Å²) < 4.78 is 0. The zero-order chi connectivity index (χ0) is 67.1. The number of hydrogen-bond acceptors (Lipinski definition) is 22. The van der Waals surface area contributed by atoms with E-state index in [9.17, 15) is 87.5 Å². The number of guanidine groups is 1. The molecule has 0 saturated heterocycles. The minimum absolute atomic E-state index is 0.00733. The topological polar surface area (TPSA) is 641 Å². The van der Waals surface area contributed by atoms with Gasteiger partial charge in [-0.15, -0.1) is 0 Å². The lowest BCUT2D eigenvalue weighted by molar-refractivity contribution is -0.142. The Hall–Kier alpha value is -8.04. The van der Waals surface area contributed by atoms with Gasteiger partial charge in [0, 0.05) is 25.1 Å². The number of thioether (sulfide) groups is 1. The minimum Gasteiger partial charge on any atom is -0.480 e. The number of carboxylic acids is 2. The van der Waals surface area contributed by atoms with Gasteiger partial charge in [-0.2, -0.15) is 11.8 Å². The number of aliphatic hydroxyl groups is 3. The highest BCUT2D eigenvalue weighted by Gasteiger charge is 2.36. The van der Waals surface area contributed by atoms with Crippen LogP contribution in [0.25, 0.3) is 0 Å². The molecule has 0 aromatic rings. The lowest BCUT2D eigenvalue weighted by Crippen LogP contribution is -2.62. The number of aliphatic carboxylic acids is 2. The van der Waals surface area contributed by atoms with E-state index >= 15 is 0 Å². The van der Waals surface area contributed by atoms with Crippen LogP contribution in [0.15, 0.2) is 4.99 Å². The van der Waals surface area contributed by atoms with E-state index in [0.29, 0.717) is 38.8 Å². The van der Waals surface area contributed by atoms with E-state index < -0.39 is 182 Å². The number of nitrogens with two attached hydrogens (primary N) is 6. The van der Waals surface area contributed by atoms with Crippen molar-refractivity contribution in [2.75, 3.05) is 57.4 Å². The van der Waals surface area contributed by atoms with Crippen molar-refractivity contribution in [1.29, 1.82) is 0 Å². The molecule has 0 radical (unpaired) electrons. The summed E-state index contributed by atoms with van der Waals surface area (Å²) in [5, 5.41) is 74.6. The van der Waals surface area contributed by atoms with Crippen molar-refractivity contribution in [3.05, 3.63) is 0 Å². The third kappa shape index (κ3) is 34.9. The van der Waals surface area contributed by atoms with Crippen molar-refractivity contribution in [1.82, 2.24) is 58.5 Å². The van der Waals surface area contributed by atoms with Gasteiger partial charge in [0.15, 0.2) is 5.96 Å². The van der Waals surface area contributed by atoms with Gasteiger partial charge in [0.25, 0.3) is 0 Å². The normalized spacial score (nSPS) is 14.6. The fraction of sp³-hybridized carbons (Fsp3) is 0.700. The number of aliphatic hydroxyl groups excluding tert-OH is 3. The first kappa shape index (κ1) is 80.0. The first-order chi connectivity index (χ1) is 41.4. The molecule has 11 atom stereocenters. The fourth-order valence-electron chi connectivity index (χ4n) is 7.46. The van der Waals surface area contributed by atoms with Gasteiger partial charge in [0.2, 0.25) is 70.9 Å². The zero-order valence-corrected chi connectivity index (χ0v) is 50.3. The maximum atomic E-state index is 14.2. The molecule has 0 bridgehead atoms. The Morgan fingerprint density at radius 1 is 0.477 bits per heavy atom. The van der Waals surface area contributed by atoms with Crippen LogP contribution in [0.2, 0.25) is 0 Å². The molecule has 38 heteroatoms. The quantitative estimate of drug-likeness (QED) is 0.0153. The Morgan fingerprint density at radius 2 is 0.977 bits per heavy atom. The Morgan fingerprint density at radius 3 is 1.53 bits per heavy atom. The third-order valence-corrected chi connectivity index (χ3v) is 13.5. The molecular formula is C50H90N18O19S. The van der Waals surface area contributed by atoms with E-state index in [-0.39, 0.29) is 69.0 Å². The van der Waals surface area contributed by atoms with Crippen molar-refractivity contribution in [2.24, 2.45) is 39.4 Å². The summed E-state index contributed by atoms with van der Waals surface area (Å²) in [6, 6.07) is -14.2. The van der Waals surface area contributed by atoms with Gasteiger partial charge in [-0.05, 0) is 97.4 Å². The molecule has 0 fully saturated rings. The van der Waals surface area contributed by atoms with Gasteiger partial charge in [0.05, 0.1) is 37.9 Å². The number of unbranched alkanes of at least 4 members (excludes halogenated alkanes) is 2. The summed E-state index contributed by atoms with van der Waals surface area (Å²) in [6.07, 6.45) is -2.16. The number of primary amides is 1. The van der Waals surface area contributed by atoms with Crippen LogP contribution in [0.4, 0.5) is 0 Å². The van der Waals surface area contributed by atoms with E-state index in [1.807, 2.05) is 0 Å². The van der Waals surface area contributed by atoms with E-state index in [1.165, 1.54) is 6.92 Å². The molecule has 0 aliphatic carbocycles. The van der Waals surface area contributed by atoms with Crippen LogP contribution >= 0.6 is 11.8 Å². The first-order valence-corrected chi connectivity index (χ1v) is 29.3. The second-order valence-electron chi connectivity index (χ2n) is 20.0. The number of nitrogens with one attached hydrogen (secondary N) is 11. The predicted octanol–water partition coefficient (Wildman–Crippen LogP) is -10.4. The lowest BCUT2D eigenvalue weighted by atomic mass is 10.1. The second-order valence-corrected chi connectivity index (χ2v) is 21.2. The summed E-state index contributed by atoms with van der Waals surface area (Å²) in [5.74, 6) is -15.1. The number of amides is 12. The molecule has 37 nitrogen and oxygen atoms in total. The summed E-state index contributed by atoms with van der Waals surface area (Å²) in [4.78, 5) is 184. The van der Waals surface area contributed by atoms with Crippen LogP contribution in [-0.2, 0) is 67.1 Å². The highest BCUT2D eigenvalue weighted by atomic mass is 32.2. The highest BCUT2D eigenvalue weighted by Crippen LogP contribution is 2.11. The molecule has 0 aliphatic heterocycles. The minimum atomic E-state index is -1.92. The van der Waals surface area contributed by atoms with Gasteiger partial charge in [-0.3, -0.25) is 67.3 Å². The average Bonchev–Trinajstić information content (AvgIpc) is 3.53. The van der Waals surface area contributed by atoms with Crippen LogP contribution < -0.4 is 92.9 Å². The lowest BCUT2D eigenvalue weighted by Gasteiger charge is -2.28. The van der Waals surface area contributed by atoms with Crippen molar-refractivity contribution >= 4 is 101 Å². The van der Waals surface area contributed by atoms with E-state index in [1.54, 1.807) is 0 Å². The largest absolute Gasteiger partial charge is 0.480 e. The SMILES string of the molecule is C[C@H](NC(=O)[C@@H](NC(=O)[C@H](CCC(N)=O)NC(=O)[C@@H](N)CCCCN)[C@@H](C)O)C(=O)N[C@@H](CCCN=C(N)N)C(=O)N[C@@H](CSCCCC(=O)NCC(=O)O)C(=O)N[C@@H](CO)C(=O)N[C@H](C(=O)NCC(=O)NCC(=O)N[C@@H](CCCCN)C(=O)O)[C@@H](C)O. The Balaban J connectivity index is 6.56. The number of carbonyl (C=O) groups is 14. The second kappa shape index (κ2) is 44.4. The smallest absolute Gasteiger partial charge is 0.326 e. The molecule has 0 heterocycles. The summed E-state index contributed by atoms with van der Waals surface area (Å²) in [5.41, 5.74) is 33.1. The van der Waals surface area contributed by atoms with Crippen molar-refractivity contribution < 1.29 is 92.7 Å². The van der Waals surface area contributed by atoms with Crippen molar-refractivity contribution in [3.63, 3.8) is 0 Å². The van der Waals surface area contributed by atoms with Gasteiger partial charge in [-0.25, -0.2) is 4.79 Å². The number of carboxylic acid groups (broad SMARTS) is 2. The number of rotatable bonds is 47. The summed E-state index contributed by atoms with van der Waals surface area (Å²) >= 11 is 0.979. The zero-order valence-electron chi connectivity index (χ0n) is 49.5. The molecule has 28 N–H and O–H groups in total. The molecule has 0 aromatic carbocycles. The third-order valence-electron chi connectivity index (χ3n) is 12.4. The number of aliphatic imine (C=N–C) groups is 1. The molecule has 500 valence electrons. The van der Waals surface area contributed by atoms with Crippen LogP contribution in [0, 0.1) is 0 Å². The van der Waals surface area contributed by atoms with Gasteiger partial charge in [-0.1, -0.05) is 6.42 Å². The van der Waals surface area contributed by atoms with E-state index in [0.717, 1.165) is 25.6 Å². The maximum Gasteiger partial charge on any atom is 0.326 e. The molecule has 0 spiro atoms. The van der Waals surface area contributed by atoms with Crippen molar-refractivity contribution in [3.8, 4) is 0 Å².